The molecular weight excluding hydrogens is 414 g/mol. The third-order valence-corrected chi connectivity index (χ3v) is 7.76. The molecule has 0 aliphatic heterocycles. The van der Waals surface area contributed by atoms with Crippen LogP contribution in [0.5, 0.6) is 0 Å². The summed E-state index contributed by atoms with van der Waals surface area (Å²) >= 11 is 2.88. The van der Waals surface area contributed by atoms with Crippen LogP contribution in [0.2, 0.25) is 0 Å². The van der Waals surface area contributed by atoms with Crippen LogP contribution < -0.4 is 10.9 Å². The maximum Gasteiger partial charge on any atom is 0.260 e. The van der Waals surface area contributed by atoms with E-state index in [4.69, 9.17) is 4.98 Å². The number of hydrogen-bond donors (Lipinski definition) is 2. The van der Waals surface area contributed by atoms with Gasteiger partial charge in [-0.25, -0.2) is 4.98 Å². The molecule has 1 aliphatic carbocycles. The van der Waals surface area contributed by atoms with Gasteiger partial charge in [-0.1, -0.05) is 62.4 Å². The molecule has 2 heterocycles. The van der Waals surface area contributed by atoms with Gasteiger partial charge in [0.2, 0.25) is 5.91 Å². The van der Waals surface area contributed by atoms with Crippen molar-refractivity contribution < 1.29 is 4.79 Å². The van der Waals surface area contributed by atoms with Gasteiger partial charge in [0.05, 0.1) is 5.39 Å². The second kappa shape index (κ2) is 8.94. The van der Waals surface area contributed by atoms with E-state index in [2.05, 4.69) is 31.1 Å². The van der Waals surface area contributed by atoms with Crippen molar-refractivity contribution in [1.29, 1.82) is 0 Å². The number of nitrogens with one attached hydrogen (secondary N) is 2. The zero-order valence-corrected chi connectivity index (χ0v) is 19.2. The molecule has 0 radical (unpaired) electrons. The number of rotatable bonds is 8. The molecule has 0 unspecified atom stereocenters. The first kappa shape index (κ1) is 21.1. The van der Waals surface area contributed by atoms with Crippen LogP contribution in [-0.4, -0.2) is 21.9 Å². The summed E-state index contributed by atoms with van der Waals surface area (Å²) in [5, 5.41) is 3.84. The van der Waals surface area contributed by atoms with Gasteiger partial charge in [0.1, 0.15) is 10.1 Å². The molecule has 1 aromatic carbocycles. The van der Waals surface area contributed by atoms with Crippen LogP contribution in [0.4, 0.5) is 0 Å². The van der Waals surface area contributed by atoms with Crippen LogP contribution in [0.3, 0.4) is 0 Å². The number of aryl methyl sites for hydroxylation is 1. The fraction of sp³-hybridized carbons (Fsp3) is 0.435. The van der Waals surface area contributed by atoms with E-state index >= 15 is 0 Å². The maximum absolute atomic E-state index is 13.0. The number of carbonyl (C=O) groups is 1. The molecule has 1 saturated carbocycles. The van der Waals surface area contributed by atoms with E-state index in [0.717, 1.165) is 46.5 Å². The summed E-state index contributed by atoms with van der Waals surface area (Å²) in [4.78, 5) is 35.5. The summed E-state index contributed by atoms with van der Waals surface area (Å²) in [5.74, 6) is 0.486. The number of benzene rings is 1. The molecule has 2 N–H and O–H groups in total. The molecule has 7 heteroatoms. The number of H-pyrrole nitrogens is 1. The van der Waals surface area contributed by atoms with Crippen molar-refractivity contribution in [2.45, 2.75) is 62.9 Å². The molecule has 0 bridgehead atoms. The molecule has 1 aliphatic rings. The molecule has 1 fully saturated rings. The first-order valence-electron chi connectivity index (χ1n) is 10.5. The highest BCUT2D eigenvalue weighted by atomic mass is 32.2. The minimum atomic E-state index is -0.451. The molecule has 0 saturated heterocycles. The Hall–Kier alpha value is -2.12. The lowest BCUT2D eigenvalue weighted by atomic mass is 9.98. The predicted octanol–water partition coefficient (Wildman–Crippen LogP) is 4.99. The molecule has 158 valence electrons. The SMILES string of the molecule is CC[C@H](C)Cc1c(C)sc2nc(S[C@H](C(=O)NC3CC3)c3ccccc3)[nH]c(=O)c12. The lowest BCUT2D eigenvalue weighted by Gasteiger charge is -2.16. The highest BCUT2D eigenvalue weighted by molar-refractivity contribution is 8.00. The molecule has 4 rings (SSSR count). The van der Waals surface area contributed by atoms with Crippen molar-refractivity contribution in [1.82, 2.24) is 15.3 Å². The van der Waals surface area contributed by atoms with Crippen LogP contribution >= 0.6 is 23.1 Å². The number of hydrogen-bond acceptors (Lipinski definition) is 5. The quantitative estimate of drug-likeness (QED) is 0.381. The van der Waals surface area contributed by atoms with Crippen LogP contribution in [0.1, 0.15) is 54.4 Å². The Morgan fingerprint density at radius 3 is 2.73 bits per heavy atom. The lowest BCUT2D eigenvalue weighted by molar-refractivity contribution is -0.120. The Balaban J connectivity index is 1.67. The van der Waals surface area contributed by atoms with Crippen LogP contribution in [0.25, 0.3) is 10.2 Å². The van der Waals surface area contributed by atoms with Gasteiger partial charge in [-0.05, 0) is 43.2 Å². The Labute approximate surface area is 184 Å². The summed E-state index contributed by atoms with van der Waals surface area (Å²) in [6, 6.07) is 9.96. The third-order valence-electron chi connectivity index (χ3n) is 5.58. The Morgan fingerprint density at radius 1 is 1.33 bits per heavy atom. The number of aromatic nitrogens is 2. The summed E-state index contributed by atoms with van der Waals surface area (Å²) in [6.45, 7) is 6.44. The average molecular weight is 442 g/mol. The minimum absolute atomic E-state index is 0.0312. The van der Waals surface area contributed by atoms with Crippen molar-refractivity contribution in [3.8, 4) is 0 Å². The van der Waals surface area contributed by atoms with Gasteiger partial charge in [0.15, 0.2) is 5.16 Å². The molecule has 0 spiro atoms. The molecule has 1 amide bonds. The van der Waals surface area contributed by atoms with Crippen LogP contribution in [0, 0.1) is 12.8 Å². The number of thioether (sulfide) groups is 1. The Kier molecular flexibility index (Phi) is 6.29. The van der Waals surface area contributed by atoms with Gasteiger partial charge in [-0.3, -0.25) is 9.59 Å². The zero-order valence-electron chi connectivity index (χ0n) is 17.5. The normalized spacial score (nSPS) is 15.8. The summed E-state index contributed by atoms with van der Waals surface area (Å²) in [7, 11) is 0. The minimum Gasteiger partial charge on any atom is -0.352 e. The predicted molar refractivity (Wildman–Crippen MR) is 124 cm³/mol. The van der Waals surface area contributed by atoms with Crippen molar-refractivity contribution >= 4 is 39.2 Å². The third kappa shape index (κ3) is 4.62. The van der Waals surface area contributed by atoms with Crippen molar-refractivity contribution in [3.05, 3.63) is 56.7 Å². The van der Waals surface area contributed by atoms with Gasteiger partial charge in [-0.2, -0.15) is 0 Å². The highest BCUT2D eigenvalue weighted by Gasteiger charge is 2.30. The summed E-state index contributed by atoms with van der Waals surface area (Å²) < 4.78 is 0. The van der Waals surface area contributed by atoms with Gasteiger partial charge in [0, 0.05) is 10.9 Å². The molecule has 30 heavy (non-hydrogen) atoms. The highest BCUT2D eigenvalue weighted by Crippen LogP contribution is 2.36. The topological polar surface area (TPSA) is 74.8 Å². The van der Waals surface area contributed by atoms with Gasteiger partial charge < -0.3 is 10.3 Å². The molecule has 2 atom stereocenters. The molecule has 2 aromatic heterocycles. The molecule has 5 nitrogen and oxygen atoms in total. The van der Waals surface area contributed by atoms with E-state index < -0.39 is 5.25 Å². The van der Waals surface area contributed by atoms with E-state index in [1.54, 1.807) is 11.3 Å². The largest absolute Gasteiger partial charge is 0.352 e. The number of amides is 1. The van der Waals surface area contributed by atoms with Crippen LogP contribution in [0.15, 0.2) is 40.3 Å². The number of thiophene rings is 1. The van der Waals surface area contributed by atoms with Crippen molar-refractivity contribution in [2.24, 2.45) is 5.92 Å². The monoisotopic (exact) mass is 441 g/mol. The Morgan fingerprint density at radius 2 is 2.07 bits per heavy atom. The van der Waals surface area contributed by atoms with Gasteiger partial charge in [-0.15, -0.1) is 11.3 Å². The fourth-order valence-electron chi connectivity index (χ4n) is 3.47. The van der Waals surface area contributed by atoms with Crippen molar-refractivity contribution in [3.63, 3.8) is 0 Å². The second-order valence-corrected chi connectivity index (χ2v) is 10.4. The van der Waals surface area contributed by atoms with E-state index in [-0.39, 0.29) is 17.5 Å². The lowest BCUT2D eigenvalue weighted by Crippen LogP contribution is -2.30. The Bertz CT molecular complexity index is 1100. The first-order valence-corrected chi connectivity index (χ1v) is 12.2. The molecule has 3 aromatic rings. The summed E-state index contributed by atoms with van der Waals surface area (Å²) in [5.41, 5.74) is 1.91. The smallest absolute Gasteiger partial charge is 0.260 e. The number of aromatic amines is 1. The fourth-order valence-corrected chi connectivity index (χ4v) is 5.57. The standard InChI is InChI=1S/C23H27N3O2S2/c1-4-13(2)12-17-14(3)29-22-18(17)20(27)25-23(26-22)30-19(15-8-6-5-7-9-15)21(28)24-16-10-11-16/h5-9,13,16,19H,4,10-12H2,1-3H3,(H,24,28)(H,25,26,27)/t13-,19-/m0/s1. The molecular formula is C23H27N3O2S2. The second-order valence-electron chi connectivity index (χ2n) is 8.10. The summed E-state index contributed by atoms with van der Waals surface area (Å²) in [6.07, 6.45) is 4.03. The van der Waals surface area contributed by atoms with Crippen molar-refractivity contribution in [2.75, 3.05) is 0 Å². The zero-order chi connectivity index (χ0) is 21.3. The number of carbonyl (C=O) groups excluding carboxylic acids is 1. The van der Waals surface area contributed by atoms with E-state index in [9.17, 15) is 9.59 Å². The first-order chi connectivity index (χ1) is 14.5. The number of fused-ring (bicyclic) bond motifs is 1. The van der Waals surface area contributed by atoms with Gasteiger partial charge >= 0.3 is 0 Å². The maximum atomic E-state index is 13.0. The van der Waals surface area contributed by atoms with E-state index in [0.29, 0.717) is 16.5 Å². The van der Waals surface area contributed by atoms with E-state index in [1.807, 2.05) is 30.3 Å². The number of nitrogens with zero attached hydrogens (tertiary/aromatic N) is 1. The van der Waals surface area contributed by atoms with Gasteiger partial charge in [0.25, 0.3) is 5.56 Å². The van der Waals surface area contributed by atoms with E-state index in [1.165, 1.54) is 11.8 Å². The van der Waals surface area contributed by atoms with Crippen LogP contribution in [-0.2, 0) is 11.2 Å². The average Bonchev–Trinajstić information content (AvgIpc) is 3.49.